The van der Waals surface area contributed by atoms with Gasteiger partial charge in [0.1, 0.15) is 11.5 Å². The summed E-state index contributed by atoms with van der Waals surface area (Å²) in [6.07, 6.45) is -4.98. The van der Waals surface area contributed by atoms with E-state index in [9.17, 15) is 31.9 Å². The van der Waals surface area contributed by atoms with Crippen LogP contribution in [0.5, 0.6) is 0 Å². The molecule has 1 amide bonds. The molecule has 37 heavy (non-hydrogen) atoms. The normalized spacial score (nSPS) is 15.2. The van der Waals surface area contributed by atoms with Crippen LogP contribution in [0.2, 0.25) is 15.1 Å². The van der Waals surface area contributed by atoms with Crippen molar-refractivity contribution in [1.82, 2.24) is 14.0 Å². The van der Waals surface area contributed by atoms with Crippen molar-refractivity contribution in [2.24, 2.45) is 12.0 Å². The summed E-state index contributed by atoms with van der Waals surface area (Å²) in [7, 11) is 0.802. The lowest BCUT2D eigenvalue weighted by atomic mass is 10.2. The lowest BCUT2D eigenvalue weighted by Gasteiger charge is -2.17. The molecule has 1 saturated heterocycles. The topological polar surface area (TPSA) is 76.7 Å². The summed E-state index contributed by atoms with van der Waals surface area (Å²) < 4.78 is 54.7. The van der Waals surface area contributed by atoms with Crippen molar-refractivity contribution in [3.63, 3.8) is 0 Å². The van der Waals surface area contributed by atoms with Crippen molar-refractivity contribution >= 4 is 63.3 Å². The van der Waals surface area contributed by atoms with Gasteiger partial charge < -0.3 is 0 Å². The number of amides is 1. The van der Waals surface area contributed by atoms with Gasteiger partial charge in [0, 0.05) is 23.2 Å². The molecule has 2 heterocycles. The molecule has 0 N–H and O–H groups in total. The van der Waals surface area contributed by atoms with Crippen molar-refractivity contribution < 1.29 is 22.4 Å². The van der Waals surface area contributed by atoms with E-state index in [2.05, 4.69) is 4.99 Å². The lowest BCUT2D eigenvalue weighted by molar-refractivity contribution is -0.144. The van der Waals surface area contributed by atoms with Gasteiger partial charge in [-0.05, 0) is 35.9 Å². The molecular weight excluding hydrogens is 583 g/mol. The Morgan fingerprint density at radius 3 is 2.27 bits per heavy atom. The van der Waals surface area contributed by atoms with Crippen molar-refractivity contribution in [3.05, 3.63) is 89.4 Å². The number of alkyl halides is 3. The number of carbonyl (C=O) groups excluding carboxylic acids is 1. The zero-order chi connectivity index (χ0) is 27.2. The van der Waals surface area contributed by atoms with Gasteiger partial charge in [0.2, 0.25) is 5.91 Å². The van der Waals surface area contributed by atoms with Gasteiger partial charge in [-0.2, -0.15) is 13.2 Å². The van der Waals surface area contributed by atoms with E-state index in [4.69, 9.17) is 34.8 Å². The van der Waals surface area contributed by atoms with Gasteiger partial charge in [0.25, 0.3) is 5.56 Å². The van der Waals surface area contributed by atoms with E-state index in [0.717, 1.165) is 30.9 Å². The Bertz CT molecular complexity index is 1570. The molecule has 0 atom stereocenters. The molecule has 1 aromatic heterocycles. The minimum Gasteiger partial charge on any atom is -0.292 e. The molecule has 3 aromatic rings. The highest BCUT2D eigenvalue weighted by Gasteiger charge is 2.35. The maximum atomic E-state index is 14.8. The maximum Gasteiger partial charge on any atom is 0.431 e. The van der Waals surface area contributed by atoms with Gasteiger partial charge in [-0.1, -0.05) is 46.6 Å². The molecule has 15 heteroatoms. The van der Waals surface area contributed by atoms with Crippen LogP contribution in [0.1, 0.15) is 11.3 Å². The third-order valence-electron chi connectivity index (χ3n) is 5.20. The number of carbonyl (C=O) groups is 1. The van der Waals surface area contributed by atoms with Gasteiger partial charge in [-0.15, -0.1) is 0 Å². The number of amidine groups is 1. The minimum absolute atomic E-state index is 0.0394. The smallest absolute Gasteiger partial charge is 0.292 e. The van der Waals surface area contributed by atoms with Crippen LogP contribution in [0, 0.1) is 5.82 Å². The predicted octanol–water partition coefficient (Wildman–Crippen LogP) is 5.42. The monoisotopic (exact) mass is 594 g/mol. The Morgan fingerprint density at radius 2 is 1.65 bits per heavy atom. The number of benzene rings is 2. The second kappa shape index (κ2) is 10.2. The number of nitrogens with zero attached hydrogens (tertiary/aromatic N) is 4. The van der Waals surface area contributed by atoms with Crippen LogP contribution in [0.4, 0.5) is 23.2 Å². The van der Waals surface area contributed by atoms with Gasteiger partial charge in [0.05, 0.1) is 28.7 Å². The van der Waals surface area contributed by atoms with Crippen LogP contribution in [0.3, 0.4) is 0 Å². The zero-order valence-corrected chi connectivity index (χ0v) is 21.5. The highest BCUT2D eigenvalue weighted by molar-refractivity contribution is 8.15. The van der Waals surface area contributed by atoms with Crippen LogP contribution in [-0.4, -0.2) is 30.9 Å². The van der Waals surface area contributed by atoms with E-state index >= 15 is 0 Å². The molecule has 0 spiro atoms. The Morgan fingerprint density at radius 1 is 1.00 bits per heavy atom. The second-order valence-corrected chi connectivity index (χ2v) is 9.96. The second-order valence-electron chi connectivity index (χ2n) is 7.74. The Labute approximate surface area is 224 Å². The summed E-state index contributed by atoms with van der Waals surface area (Å²) in [4.78, 5) is 43.2. The van der Waals surface area contributed by atoms with Gasteiger partial charge >= 0.3 is 11.9 Å². The highest BCUT2D eigenvalue weighted by Crippen LogP contribution is 2.33. The number of rotatable bonds is 4. The van der Waals surface area contributed by atoms with Gasteiger partial charge in [-0.3, -0.25) is 19.1 Å². The fraction of sp³-hybridized carbons (Fsp3) is 0.182. The molecule has 194 valence electrons. The van der Waals surface area contributed by atoms with Crippen molar-refractivity contribution in [2.45, 2.75) is 12.7 Å². The maximum absolute atomic E-state index is 14.8. The summed E-state index contributed by atoms with van der Waals surface area (Å²) in [6, 6.07) is 6.63. The fourth-order valence-electron chi connectivity index (χ4n) is 3.53. The Hall–Kier alpha value is -2.80. The molecule has 1 aliphatic rings. The lowest BCUT2D eigenvalue weighted by Crippen LogP contribution is -2.41. The molecule has 0 saturated carbocycles. The first-order valence-corrected chi connectivity index (χ1v) is 12.2. The Kier molecular flexibility index (Phi) is 7.48. The molecule has 2 aromatic carbocycles. The van der Waals surface area contributed by atoms with E-state index in [1.54, 1.807) is 12.1 Å². The van der Waals surface area contributed by atoms with E-state index in [1.165, 1.54) is 11.0 Å². The van der Waals surface area contributed by atoms with Crippen molar-refractivity contribution in [3.8, 4) is 5.69 Å². The van der Waals surface area contributed by atoms with Gasteiger partial charge in [-0.25, -0.2) is 18.7 Å². The zero-order valence-electron chi connectivity index (χ0n) is 18.4. The molecule has 1 aliphatic heterocycles. The SMILES string of the molecule is Cn1c(C(F)(F)F)cc(=O)n(-c2cc(/N=C3\SCC(=O)N3Cc3cc(Cl)cc(Cl)c3)c(Cl)cc2F)c1=O. The number of hydrogen-bond acceptors (Lipinski definition) is 5. The first-order chi connectivity index (χ1) is 17.3. The molecular formula is C22H13Cl3F4N4O3S. The molecule has 4 rings (SSSR count). The van der Waals surface area contributed by atoms with E-state index < -0.39 is 34.6 Å². The first kappa shape index (κ1) is 27.2. The first-order valence-electron chi connectivity index (χ1n) is 10.1. The van der Waals surface area contributed by atoms with E-state index in [1.807, 2.05) is 0 Å². The highest BCUT2D eigenvalue weighted by atomic mass is 35.5. The third-order valence-corrected chi connectivity index (χ3v) is 6.90. The fourth-order valence-corrected chi connectivity index (χ4v) is 5.19. The number of aromatic nitrogens is 2. The predicted molar refractivity (Wildman–Crippen MR) is 134 cm³/mol. The average Bonchev–Trinajstić information content (AvgIpc) is 3.11. The average molecular weight is 596 g/mol. The summed E-state index contributed by atoms with van der Waals surface area (Å²) in [5.74, 6) is -1.41. The molecule has 0 bridgehead atoms. The van der Waals surface area contributed by atoms with Crippen molar-refractivity contribution in [1.29, 1.82) is 0 Å². The number of aliphatic imine (C=N–C) groups is 1. The summed E-state index contributed by atoms with van der Waals surface area (Å²) in [5, 5.41) is 0.662. The van der Waals surface area contributed by atoms with Crippen LogP contribution in [0.15, 0.2) is 51.0 Å². The number of halogens is 7. The summed E-state index contributed by atoms with van der Waals surface area (Å²) >= 11 is 19.2. The molecule has 0 radical (unpaired) electrons. The van der Waals surface area contributed by atoms with E-state index in [-0.39, 0.29) is 49.3 Å². The summed E-state index contributed by atoms with van der Waals surface area (Å²) in [6.45, 7) is 0.0511. The largest absolute Gasteiger partial charge is 0.431 e. The number of hydrogen-bond donors (Lipinski definition) is 0. The standard InChI is InChI=1S/C22H13Cl3F4N4O3S/c1-31-17(22(27,28)29)7-18(34)33(21(31)36)16-6-15(13(25)5-14(16)26)30-20-32(19(35)9-37-20)8-10-2-11(23)4-12(24)3-10/h2-7H,8-9H2,1H3/b30-20-. The van der Waals surface area contributed by atoms with Crippen LogP contribution < -0.4 is 11.2 Å². The minimum atomic E-state index is -4.98. The van der Waals surface area contributed by atoms with Crippen LogP contribution in [0.25, 0.3) is 5.69 Å². The Balaban J connectivity index is 1.80. The quantitative estimate of drug-likeness (QED) is 0.378. The molecule has 0 unspecified atom stereocenters. The van der Waals surface area contributed by atoms with Crippen LogP contribution in [-0.2, 0) is 24.6 Å². The van der Waals surface area contributed by atoms with Crippen molar-refractivity contribution in [2.75, 3.05) is 5.75 Å². The molecule has 1 fully saturated rings. The van der Waals surface area contributed by atoms with Crippen LogP contribution >= 0.6 is 46.6 Å². The number of thioether (sulfide) groups is 1. The third kappa shape index (κ3) is 5.57. The molecule has 0 aliphatic carbocycles. The molecule has 7 nitrogen and oxygen atoms in total. The van der Waals surface area contributed by atoms with E-state index in [0.29, 0.717) is 15.6 Å². The van der Waals surface area contributed by atoms with Gasteiger partial charge in [0.15, 0.2) is 5.17 Å². The summed E-state index contributed by atoms with van der Waals surface area (Å²) in [5.41, 5.74) is -4.51.